The van der Waals surface area contributed by atoms with Crippen molar-refractivity contribution >= 4 is 18.0 Å². The molecule has 1 atom stereocenters. The average Bonchev–Trinajstić information content (AvgIpc) is 2.60. The molecule has 1 unspecified atom stereocenters. The van der Waals surface area contributed by atoms with Gasteiger partial charge in [0.25, 0.3) is 5.56 Å². The molecule has 1 aromatic heterocycles. The van der Waals surface area contributed by atoms with Gasteiger partial charge in [-0.2, -0.15) is 0 Å². The second-order valence-electron chi connectivity index (χ2n) is 3.57. The van der Waals surface area contributed by atoms with Crippen LogP contribution < -0.4 is 16.6 Å². The standard InChI is InChI=1S/C9H9N3O4/c1-11-6-5(4(3-13)7(14)10-6)8(15)12(2)9(11)16/h3-4H,1-2H3,(H,10,14). The van der Waals surface area contributed by atoms with Gasteiger partial charge in [-0.25, -0.2) is 4.79 Å². The third-order valence-corrected chi connectivity index (χ3v) is 2.67. The summed E-state index contributed by atoms with van der Waals surface area (Å²) in [5.74, 6) is -1.60. The zero-order chi connectivity index (χ0) is 12.0. The molecule has 7 heteroatoms. The number of hydrogen-bond acceptors (Lipinski definition) is 4. The van der Waals surface area contributed by atoms with Crippen molar-refractivity contribution in [2.75, 3.05) is 5.32 Å². The highest BCUT2D eigenvalue weighted by Gasteiger charge is 2.35. The molecule has 2 heterocycles. The Morgan fingerprint density at radius 1 is 1.19 bits per heavy atom. The lowest BCUT2D eigenvalue weighted by Gasteiger charge is -2.07. The lowest BCUT2D eigenvalue weighted by molar-refractivity contribution is -0.121. The van der Waals surface area contributed by atoms with E-state index in [4.69, 9.17) is 0 Å². The number of rotatable bonds is 1. The highest BCUT2D eigenvalue weighted by Crippen LogP contribution is 2.25. The number of amides is 1. The van der Waals surface area contributed by atoms with Gasteiger partial charge in [0, 0.05) is 14.1 Å². The summed E-state index contributed by atoms with van der Waals surface area (Å²) in [6.45, 7) is 0. The van der Waals surface area contributed by atoms with Crippen molar-refractivity contribution in [1.29, 1.82) is 0 Å². The predicted octanol–water partition coefficient (Wildman–Crippen LogP) is -1.68. The first kappa shape index (κ1) is 10.3. The van der Waals surface area contributed by atoms with E-state index in [1.54, 1.807) is 0 Å². The van der Waals surface area contributed by atoms with Crippen LogP contribution in [-0.2, 0) is 23.7 Å². The third kappa shape index (κ3) is 1.08. The Morgan fingerprint density at radius 2 is 1.81 bits per heavy atom. The molecule has 1 amide bonds. The van der Waals surface area contributed by atoms with Gasteiger partial charge in [-0.05, 0) is 0 Å². The Bertz CT molecular complexity index is 610. The smallest absolute Gasteiger partial charge is 0.311 e. The molecular formula is C9H9N3O4. The fourth-order valence-electron chi connectivity index (χ4n) is 1.76. The number of carbonyl (C=O) groups excluding carboxylic acids is 2. The second-order valence-corrected chi connectivity index (χ2v) is 3.57. The fourth-order valence-corrected chi connectivity index (χ4v) is 1.76. The minimum absolute atomic E-state index is 0.0320. The van der Waals surface area contributed by atoms with E-state index in [9.17, 15) is 19.2 Å². The van der Waals surface area contributed by atoms with Crippen molar-refractivity contribution in [2.24, 2.45) is 14.1 Å². The number of nitrogens with one attached hydrogen (secondary N) is 1. The fraction of sp³-hybridized carbons (Fsp3) is 0.333. The van der Waals surface area contributed by atoms with Gasteiger partial charge in [-0.1, -0.05) is 0 Å². The Kier molecular flexibility index (Phi) is 2.04. The van der Waals surface area contributed by atoms with E-state index in [-0.39, 0.29) is 11.4 Å². The Labute approximate surface area is 89.3 Å². The summed E-state index contributed by atoms with van der Waals surface area (Å²) in [6, 6.07) is 0. The SMILES string of the molecule is Cn1c2c(c(=O)n(C)c1=O)C(C=O)C(=O)N2. The van der Waals surface area contributed by atoms with Gasteiger partial charge >= 0.3 is 5.69 Å². The average molecular weight is 223 g/mol. The zero-order valence-corrected chi connectivity index (χ0v) is 8.68. The molecule has 0 fully saturated rings. The summed E-state index contributed by atoms with van der Waals surface area (Å²) >= 11 is 0. The van der Waals surface area contributed by atoms with E-state index >= 15 is 0 Å². The van der Waals surface area contributed by atoms with Gasteiger partial charge in [-0.3, -0.25) is 18.7 Å². The second kappa shape index (κ2) is 3.16. The van der Waals surface area contributed by atoms with E-state index in [1.807, 2.05) is 0 Å². The molecule has 7 nitrogen and oxygen atoms in total. The summed E-state index contributed by atoms with van der Waals surface area (Å²) in [5.41, 5.74) is -1.13. The number of carbonyl (C=O) groups is 2. The molecule has 1 aromatic rings. The lowest BCUT2D eigenvalue weighted by Crippen LogP contribution is -2.39. The monoisotopic (exact) mass is 223 g/mol. The molecule has 2 rings (SSSR count). The summed E-state index contributed by atoms with van der Waals surface area (Å²) in [4.78, 5) is 45.4. The first-order valence-corrected chi connectivity index (χ1v) is 4.55. The topological polar surface area (TPSA) is 90.2 Å². The number of anilines is 1. The Hall–Kier alpha value is -2.18. The van der Waals surface area contributed by atoms with E-state index in [2.05, 4.69) is 5.32 Å². The quantitative estimate of drug-likeness (QED) is 0.454. The predicted molar refractivity (Wildman–Crippen MR) is 54.4 cm³/mol. The van der Waals surface area contributed by atoms with Crippen LogP contribution in [0.1, 0.15) is 11.5 Å². The van der Waals surface area contributed by atoms with E-state index in [0.717, 1.165) is 9.13 Å². The van der Waals surface area contributed by atoms with Gasteiger partial charge in [0.2, 0.25) is 5.91 Å². The molecule has 16 heavy (non-hydrogen) atoms. The summed E-state index contributed by atoms with van der Waals surface area (Å²) in [5, 5.41) is 2.36. The van der Waals surface area contributed by atoms with E-state index in [0.29, 0.717) is 6.29 Å². The van der Waals surface area contributed by atoms with Crippen molar-refractivity contribution in [1.82, 2.24) is 9.13 Å². The van der Waals surface area contributed by atoms with Crippen molar-refractivity contribution in [3.05, 3.63) is 26.4 Å². The van der Waals surface area contributed by atoms with Crippen LogP contribution in [0.25, 0.3) is 0 Å². The maximum Gasteiger partial charge on any atom is 0.332 e. The number of fused-ring (bicyclic) bond motifs is 1. The lowest BCUT2D eigenvalue weighted by atomic mass is 10.1. The molecule has 0 aromatic carbocycles. The number of aldehydes is 1. The van der Waals surface area contributed by atoms with Gasteiger partial charge in [0.1, 0.15) is 18.0 Å². The van der Waals surface area contributed by atoms with Crippen molar-refractivity contribution in [2.45, 2.75) is 5.92 Å². The van der Waals surface area contributed by atoms with Crippen LogP contribution in [-0.4, -0.2) is 21.3 Å². The molecule has 84 valence electrons. The number of aromatic nitrogens is 2. The van der Waals surface area contributed by atoms with Gasteiger partial charge in [0.05, 0.1) is 5.56 Å². The van der Waals surface area contributed by atoms with Crippen molar-refractivity contribution in [3.63, 3.8) is 0 Å². The van der Waals surface area contributed by atoms with Gasteiger partial charge in [-0.15, -0.1) is 0 Å². The molecule has 1 aliphatic rings. The molecule has 1 N–H and O–H groups in total. The third-order valence-electron chi connectivity index (χ3n) is 2.67. The van der Waals surface area contributed by atoms with Gasteiger partial charge < -0.3 is 10.1 Å². The molecule has 1 aliphatic heterocycles. The molecule has 0 spiro atoms. The van der Waals surface area contributed by atoms with Crippen LogP contribution in [0.5, 0.6) is 0 Å². The number of hydrogen-bond donors (Lipinski definition) is 1. The molecule has 0 saturated carbocycles. The van der Waals surface area contributed by atoms with Crippen LogP contribution in [0.3, 0.4) is 0 Å². The van der Waals surface area contributed by atoms with E-state index < -0.39 is 23.1 Å². The van der Waals surface area contributed by atoms with Crippen molar-refractivity contribution < 1.29 is 9.59 Å². The number of nitrogens with zero attached hydrogens (tertiary/aromatic N) is 2. The Balaban J connectivity index is 2.92. The molecule has 0 radical (unpaired) electrons. The molecule has 0 saturated heterocycles. The van der Waals surface area contributed by atoms with Crippen LogP contribution in [0.15, 0.2) is 9.59 Å². The molecule has 0 aliphatic carbocycles. The largest absolute Gasteiger partial charge is 0.332 e. The first-order chi connectivity index (χ1) is 7.49. The summed E-state index contributed by atoms with van der Waals surface area (Å²) < 4.78 is 2.01. The van der Waals surface area contributed by atoms with E-state index in [1.165, 1.54) is 14.1 Å². The summed E-state index contributed by atoms with van der Waals surface area (Å²) in [7, 11) is 2.73. The first-order valence-electron chi connectivity index (χ1n) is 4.55. The van der Waals surface area contributed by atoms with Crippen LogP contribution >= 0.6 is 0 Å². The minimum atomic E-state index is -1.12. The molecule has 0 bridgehead atoms. The van der Waals surface area contributed by atoms with Gasteiger partial charge in [0.15, 0.2) is 0 Å². The maximum atomic E-state index is 11.7. The summed E-state index contributed by atoms with van der Waals surface area (Å²) in [6.07, 6.45) is 0.396. The highest BCUT2D eigenvalue weighted by molar-refractivity contribution is 6.10. The minimum Gasteiger partial charge on any atom is -0.311 e. The molecular weight excluding hydrogens is 214 g/mol. The van der Waals surface area contributed by atoms with Crippen molar-refractivity contribution in [3.8, 4) is 0 Å². The maximum absolute atomic E-state index is 11.7. The zero-order valence-electron chi connectivity index (χ0n) is 8.68. The van der Waals surface area contributed by atoms with Crippen LogP contribution in [0.4, 0.5) is 5.82 Å². The Morgan fingerprint density at radius 3 is 2.38 bits per heavy atom. The normalized spacial score (nSPS) is 18.1. The van der Waals surface area contributed by atoms with Crippen LogP contribution in [0, 0.1) is 0 Å². The highest BCUT2D eigenvalue weighted by atomic mass is 16.2. The van der Waals surface area contributed by atoms with Crippen LogP contribution in [0.2, 0.25) is 0 Å².